The smallest absolute Gasteiger partial charge is 0.326 e. The first-order valence-corrected chi connectivity index (χ1v) is 4.74. The van der Waals surface area contributed by atoms with Gasteiger partial charge >= 0.3 is 5.97 Å². The van der Waals surface area contributed by atoms with Crippen LogP contribution in [0, 0.1) is 0 Å². The van der Waals surface area contributed by atoms with Crippen LogP contribution in [0.1, 0.15) is 23.8 Å². The topological polar surface area (TPSA) is 99.5 Å². The Hall–Kier alpha value is -2.11. The van der Waals surface area contributed by atoms with Gasteiger partial charge in [0.05, 0.1) is 0 Å². The number of aromatic hydroxyl groups is 1. The fourth-order valence-electron chi connectivity index (χ4n) is 1.14. The highest BCUT2D eigenvalue weighted by molar-refractivity contribution is 5.96. The quantitative estimate of drug-likeness (QED) is 0.686. The first-order chi connectivity index (χ1) is 7.56. The third kappa shape index (κ3) is 2.69. The molecule has 0 bridgehead atoms. The molecule has 0 radical (unpaired) electrons. The highest BCUT2D eigenvalue weighted by Crippen LogP contribution is 2.12. The van der Waals surface area contributed by atoms with Gasteiger partial charge in [-0.05, 0) is 18.6 Å². The number of pyridine rings is 1. The number of amides is 1. The molecule has 0 spiro atoms. The number of nitrogens with one attached hydrogen (secondary N) is 1. The van der Waals surface area contributed by atoms with Crippen LogP contribution in [0.2, 0.25) is 0 Å². The Balaban J connectivity index is 2.80. The zero-order valence-electron chi connectivity index (χ0n) is 8.67. The van der Waals surface area contributed by atoms with E-state index in [2.05, 4.69) is 10.3 Å². The molecule has 1 aromatic heterocycles. The maximum Gasteiger partial charge on any atom is 0.326 e. The minimum Gasteiger partial charge on any atom is -0.505 e. The van der Waals surface area contributed by atoms with Crippen molar-refractivity contribution in [2.75, 3.05) is 0 Å². The van der Waals surface area contributed by atoms with Crippen LogP contribution in [0.5, 0.6) is 5.75 Å². The number of hydrogen-bond acceptors (Lipinski definition) is 4. The molecule has 1 rings (SSSR count). The number of rotatable bonds is 4. The van der Waals surface area contributed by atoms with Crippen LogP contribution in [0.25, 0.3) is 0 Å². The van der Waals surface area contributed by atoms with Crippen molar-refractivity contribution in [2.24, 2.45) is 0 Å². The fraction of sp³-hybridized carbons (Fsp3) is 0.300. The molecule has 0 aliphatic heterocycles. The summed E-state index contributed by atoms with van der Waals surface area (Å²) in [5, 5.41) is 20.3. The van der Waals surface area contributed by atoms with Gasteiger partial charge in [-0.15, -0.1) is 0 Å². The maximum absolute atomic E-state index is 11.5. The zero-order valence-corrected chi connectivity index (χ0v) is 8.67. The summed E-state index contributed by atoms with van der Waals surface area (Å²) in [7, 11) is 0. The molecule has 1 aromatic rings. The molecule has 1 amide bonds. The Morgan fingerprint density at radius 3 is 2.75 bits per heavy atom. The molecule has 3 N–H and O–H groups in total. The van der Waals surface area contributed by atoms with Gasteiger partial charge in [-0.1, -0.05) is 6.92 Å². The highest BCUT2D eigenvalue weighted by Gasteiger charge is 2.20. The lowest BCUT2D eigenvalue weighted by molar-refractivity contribution is -0.139. The summed E-state index contributed by atoms with van der Waals surface area (Å²) in [4.78, 5) is 25.9. The van der Waals surface area contributed by atoms with Crippen molar-refractivity contribution in [3.8, 4) is 5.75 Å². The third-order valence-electron chi connectivity index (χ3n) is 2.01. The van der Waals surface area contributed by atoms with E-state index in [1.807, 2.05) is 0 Å². The number of carboxylic acids is 1. The molecule has 6 nitrogen and oxygen atoms in total. The van der Waals surface area contributed by atoms with E-state index in [9.17, 15) is 14.7 Å². The average molecular weight is 224 g/mol. The maximum atomic E-state index is 11.5. The molecule has 0 saturated heterocycles. The van der Waals surface area contributed by atoms with E-state index in [1.165, 1.54) is 18.3 Å². The van der Waals surface area contributed by atoms with Crippen molar-refractivity contribution < 1.29 is 19.8 Å². The molecule has 6 heteroatoms. The molecule has 0 saturated carbocycles. The lowest BCUT2D eigenvalue weighted by atomic mass is 10.2. The van der Waals surface area contributed by atoms with Crippen molar-refractivity contribution in [3.05, 3.63) is 24.0 Å². The Labute approximate surface area is 91.9 Å². The molecule has 0 unspecified atom stereocenters. The molecule has 16 heavy (non-hydrogen) atoms. The number of aliphatic carboxylic acids is 1. The molecule has 1 atom stereocenters. The lowest BCUT2D eigenvalue weighted by Crippen LogP contribution is -2.40. The van der Waals surface area contributed by atoms with Gasteiger partial charge in [0.15, 0.2) is 5.69 Å². The average Bonchev–Trinajstić information content (AvgIpc) is 2.25. The van der Waals surface area contributed by atoms with E-state index in [0.29, 0.717) is 0 Å². The number of carboxylic acid groups (broad SMARTS) is 1. The van der Waals surface area contributed by atoms with Gasteiger partial charge in [0.25, 0.3) is 5.91 Å². The van der Waals surface area contributed by atoms with E-state index in [1.54, 1.807) is 6.92 Å². The molecule has 0 fully saturated rings. The summed E-state index contributed by atoms with van der Waals surface area (Å²) in [6, 6.07) is 1.80. The van der Waals surface area contributed by atoms with Crippen LogP contribution >= 0.6 is 0 Å². The third-order valence-corrected chi connectivity index (χ3v) is 2.01. The largest absolute Gasteiger partial charge is 0.505 e. The second kappa shape index (κ2) is 5.11. The van der Waals surface area contributed by atoms with Gasteiger partial charge in [0.1, 0.15) is 11.8 Å². The minimum absolute atomic E-state index is 0.179. The molecular weight excluding hydrogens is 212 g/mol. The Morgan fingerprint density at radius 1 is 1.56 bits per heavy atom. The van der Waals surface area contributed by atoms with Crippen molar-refractivity contribution in [2.45, 2.75) is 19.4 Å². The Bertz CT molecular complexity index is 406. The summed E-state index contributed by atoms with van der Waals surface area (Å²) >= 11 is 0. The van der Waals surface area contributed by atoms with Gasteiger partial charge in [-0.3, -0.25) is 4.79 Å². The number of carbonyl (C=O) groups is 2. The second-order valence-electron chi connectivity index (χ2n) is 3.14. The first-order valence-electron chi connectivity index (χ1n) is 4.74. The molecular formula is C10H12N2O4. The second-order valence-corrected chi connectivity index (χ2v) is 3.14. The highest BCUT2D eigenvalue weighted by atomic mass is 16.4. The zero-order chi connectivity index (χ0) is 12.1. The van der Waals surface area contributed by atoms with Crippen molar-refractivity contribution in [1.29, 1.82) is 0 Å². The Morgan fingerprint density at radius 2 is 2.25 bits per heavy atom. The molecule has 86 valence electrons. The summed E-state index contributed by atoms with van der Waals surface area (Å²) in [6.45, 7) is 1.64. The molecule has 0 aliphatic rings. The van der Waals surface area contributed by atoms with Gasteiger partial charge in [-0.25, -0.2) is 9.78 Å². The predicted molar refractivity (Wildman–Crippen MR) is 55.1 cm³/mol. The van der Waals surface area contributed by atoms with Gasteiger partial charge in [-0.2, -0.15) is 0 Å². The molecule has 1 heterocycles. The van der Waals surface area contributed by atoms with Gasteiger partial charge < -0.3 is 15.5 Å². The summed E-state index contributed by atoms with van der Waals surface area (Å²) in [5.74, 6) is -2.10. The SMILES string of the molecule is CC[C@H](NC(=O)c1ncccc1O)C(=O)O. The van der Waals surface area contributed by atoms with Crippen LogP contribution < -0.4 is 5.32 Å². The minimum atomic E-state index is -1.12. The van der Waals surface area contributed by atoms with E-state index < -0.39 is 17.9 Å². The van der Waals surface area contributed by atoms with Crippen molar-refractivity contribution >= 4 is 11.9 Å². The Kier molecular flexibility index (Phi) is 3.82. The summed E-state index contributed by atoms with van der Waals surface area (Å²) < 4.78 is 0. The molecule has 0 aliphatic carbocycles. The van der Waals surface area contributed by atoms with E-state index in [0.717, 1.165) is 0 Å². The summed E-state index contributed by atoms with van der Waals surface area (Å²) in [5.41, 5.74) is -0.179. The number of carbonyl (C=O) groups excluding carboxylic acids is 1. The van der Waals surface area contributed by atoms with Gasteiger partial charge in [0, 0.05) is 6.20 Å². The molecule has 0 aromatic carbocycles. The van der Waals surface area contributed by atoms with Crippen LogP contribution in [-0.4, -0.2) is 33.1 Å². The van der Waals surface area contributed by atoms with Crippen LogP contribution in [-0.2, 0) is 4.79 Å². The number of aromatic nitrogens is 1. The van der Waals surface area contributed by atoms with E-state index >= 15 is 0 Å². The fourth-order valence-corrected chi connectivity index (χ4v) is 1.14. The predicted octanol–water partition coefficient (Wildman–Crippen LogP) is 0.380. The van der Waals surface area contributed by atoms with Crippen molar-refractivity contribution in [1.82, 2.24) is 10.3 Å². The normalized spacial score (nSPS) is 11.8. The summed E-state index contributed by atoms with van der Waals surface area (Å²) in [6.07, 6.45) is 1.60. The van der Waals surface area contributed by atoms with Crippen LogP contribution in [0.3, 0.4) is 0 Å². The standard InChI is InChI=1S/C10H12N2O4/c1-2-6(10(15)16)12-9(14)8-7(13)4-3-5-11-8/h3-6,13H,2H2,1H3,(H,12,14)(H,15,16)/t6-/m0/s1. The number of nitrogens with zero attached hydrogens (tertiary/aromatic N) is 1. The van der Waals surface area contributed by atoms with E-state index in [-0.39, 0.29) is 17.9 Å². The monoisotopic (exact) mass is 224 g/mol. The van der Waals surface area contributed by atoms with Crippen LogP contribution in [0.4, 0.5) is 0 Å². The van der Waals surface area contributed by atoms with Crippen LogP contribution in [0.15, 0.2) is 18.3 Å². The van der Waals surface area contributed by atoms with E-state index in [4.69, 9.17) is 5.11 Å². The first kappa shape index (κ1) is 12.0. The number of hydrogen-bond donors (Lipinski definition) is 3. The lowest BCUT2D eigenvalue weighted by Gasteiger charge is -2.11. The van der Waals surface area contributed by atoms with Crippen molar-refractivity contribution in [3.63, 3.8) is 0 Å². The van der Waals surface area contributed by atoms with Gasteiger partial charge in [0.2, 0.25) is 0 Å².